The van der Waals surface area contributed by atoms with Gasteiger partial charge < -0.3 is 21.1 Å². The van der Waals surface area contributed by atoms with Crippen molar-refractivity contribution in [1.29, 1.82) is 5.41 Å². The Morgan fingerprint density at radius 2 is 1.97 bits per heavy atom. The maximum absolute atomic E-state index is 13.3. The molecule has 10 nitrogen and oxygen atoms in total. The average Bonchev–Trinajstić information content (AvgIpc) is 3.30. The number of amides is 2. The molecule has 2 amide bonds. The molecule has 186 valence electrons. The van der Waals surface area contributed by atoms with Crippen molar-refractivity contribution in [3.05, 3.63) is 41.7 Å². The van der Waals surface area contributed by atoms with E-state index in [4.69, 9.17) is 16.2 Å². The first-order valence-electron chi connectivity index (χ1n) is 11.3. The highest BCUT2D eigenvalue weighted by atomic mass is 35.5. The molecule has 2 heterocycles. The predicted octanol–water partition coefficient (Wildman–Crippen LogP) is 1.18. The van der Waals surface area contributed by atoms with Crippen LogP contribution in [0.1, 0.15) is 49.8 Å². The maximum atomic E-state index is 13.3. The molecule has 6 N–H and O–H groups in total. The predicted molar refractivity (Wildman–Crippen MR) is 130 cm³/mol. The largest absolute Gasteiger partial charge is 0.480 e. The summed E-state index contributed by atoms with van der Waals surface area (Å²) in [6.07, 6.45) is 11.1. The molecule has 2 atom stereocenters. The van der Waals surface area contributed by atoms with E-state index in [9.17, 15) is 14.4 Å². The zero-order valence-electron chi connectivity index (χ0n) is 19.0. The van der Waals surface area contributed by atoms with Crippen LogP contribution in [-0.2, 0) is 20.9 Å². The normalized spacial score (nSPS) is 18.7. The molecule has 3 rings (SSSR count). The number of nitrogen functional groups attached to an aromatic ring is 1. The quantitative estimate of drug-likeness (QED) is 0.186. The Bertz CT molecular complexity index is 901. The summed E-state index contributed by atoms with van der Waals surface area (Å²) in [5.74, 6) is -1.34. The molecule has 1 saturated carbocycles. The highest BCUT2D eigenvalue weighted by Crippen LogP contribution is 2.28. The molecule has 11 heteroatoms. The van der Waals surface area contributed by atoms with Gasteiger partial charge in [-0.25, -0.2) is 0 Å². The number of carbonyl (C=O) groups excluding carboxylic acids is 2. The first-order chi connectivity index (χ1) is 15.8. The van der Waals surface area contributed by atoms with Gasteiger partial charge in [0.25, 0.3) is 0 Å². The number of amidine groups is 1. The van der Waals surface area contributed by atoms with Gasteiger partial charge in [0.2, 0.25) is 11.8 Å². The number of halogens is 1. The van der Waals surface area contributed by atoms with E-state index >= 15 is 0 Å². The van der Waals surface area contributed by atoms with Crippen molar-refractivity contribution in [3.63, 3.8) is 0 Å². The van der Waals surface area contributed by atoms with Crippen LogP contribution in [0.3, 0.4) is 0 Å². The molecule has 0 spiro atoms. The van der Waals surface area contributed by atoms with Crippen LogP contribution in [-0.4, -0.2) is 63.8 Å². The Labute approximate surface area is 205 Å². The Kier molecular flexibility index (Phi) is 10.5. The van der Waals surface area contributed by atoms with Gasteiger partial charge in [0.1, 0.15) is 17.6 Å². The Hall–Kier alpha value is -2.98. The number of carbonyl (C=O) groups is 3. The van der Waals surface area contributed by atoms with Crippen LogP contribution in [0.5, 0.6) is 0 Å². The van der Waals surface area contributed by atoms with Crippen molar-refractivity contribution < 1.29 is 19.5 Å². The van der Waals surface area contributed by atoms with E-state index in [2.05, 4.69) is 15.6 Å². The molecule has 1 fully saturated rings. The van der Waals surface area contributed by atoms with Crippen molar-refractivity contribution in [2.24, 2.45) is 11.7 Å². The fourth-order valence-corrected chi connectivity index (χ4v) is 4.40. The average molecular weight is 493 g/mol. The number of nitrogens with two attached hydrogens (primary N) is 1. The SMILES string of the molecule is Cl.N=C(N)c1ccc(CNC(=O)[C@@H]2C=CCN2C(=O)[C@@H](CC2CCCCC2)NCC(=O)O)cn1. The second kappa shape index (κ2) is 13.0. The minimum Gasteiger partial charge on any atom is -0.480 e. The summed E-state index contributed by atoms with van der Waals surface area (Å²) in [7, 11) is 0. The van der Waals surface area contributed by atoms with Crippen molar-refractivity contribution in [2.75, 3.05) is 13.1 Å². The third-order valence-electron chi connectivity index (χ3n) is 6.17. The fraction of sp³-hybridized carbons (Fsp3) is 0.522. The van der Waals surface area contributed by atoms with E-state index in [0.717, 1.165) is 31.2 Å². The molecule has 0 bridgehead atoms. The molecule has 0 saturated heterocycles. The summed E-state index contributed by atoms with van der Waals surface area (Å²) in [5.41, 5.74) is 6.50. The second-order valence-electron chi connectivity index (χ2n) is 8.61. The topological polar surface area (TPSA) is 162 Å². The first kappa shape index (κ1) is 27.3. The Morgan fingerprint density at radius 1 is 1.24 bits per heavy atom. The van der Waals surface area contributed by atoms with Crippen molar-refractivity contribution in [1.82, 2.24) is 20.5 Å². The van der Waals surface area contributed by atoms with Crippen molar-refractivity contribution in [3.8, 4) is 0 Å². The van der Waals surface area contributed by atoms with Crippen LogP contribution in [0.15, 0.2) is 30.5 Å². The monoisotopic (exact) mass is 492 g/mol. The standard InChI is InChI=1S/C23H32N6O4.ClH/c24-21(25)17-9-8-16(12-26-17)13-28-22(32)19-7-4-10-29(19)23(33)18(27-14-20(30)31)11-15-5-2-1-3-6-15;/h4,7-9,12,15,18-19,27H,1-3,5-6,10-11,13-14H2,(H3,24,25)(H,28,32)(H,30,31);1H/t18-,19+;/m1./s1. The molecule has 0 radical (unpaired) electrons. The summed E-state index contributed by atoms with van der Waals surface area (Å²) >= 11 is 0. The van der Waals surface area contributed by atoms with E-state index < -0.39 is 18.1 Å². The van der Waals surface area contributed by atoms with Crippen LogP contribution in [0.25, 0.3) is 0 Å². The van der Waals surface area contributed by atoms with E-state index in [0.29, 0.717) is 24.6 Å². The lowest BCUT2D eigenvalue weighted by Crippen LogP contribution is -2.53. The summed E-state index contributed by atoms with van der Waals surface area (Å²) in [6.45, 7) is 0.228. The molecular weight excluding hydrogens is 460 g/mol. The lowest BCUT2D eigenvalue weighted by atomic mass is 9.84. The third-order valence-corrected chi connectivity index (χ3v) is 6.17. The lowest BCUT2D eigenvalue weighted by Gasteiger charge is -2.31. The summed E-state index contributed by atoms with van der Waals surface area (Å²) < 4.78 is 0. The first-order valence-corrected chi connectivity index (χ1v) is 11.3. The van der Waals surface area contributed by atoms with E-state index in [-0.39, 0.29) is 43.1 Å². The Balaban J connectivity index is 0.00000408. The molecular formula is C23H33ClN6O4. The number of carboxylic acid groups (broad SMARTS) is 1. The number of nitrogens with zero attached hydrogens (tertiary/aromatic N) is 2. The third kappa shape index (κ3) is 7.53. The fourth-order valence-electron chi connectivity index (χ4n) is 4.40. The van der Waals surface area contributed by atoms with Crippen LogP contribution < -0.4 is 16.4 Å². The number of nitrogens with one attached hydrogen (secondary N) is 3. The molecule has 34 heavy (non-hydrogen) atoms. The summed E-state index contributed by atoms with van der Waals surface area (Å²) in [5, 5.41) is 22.2. The number of hydrogen-bond acceptors (Lipinski definition) is 6. The van der Waals surface area contributed by atoms with Gasteiger partial charge in [-0.1, -0.05) is 50.3 Å². The van der Waals surface area contributed by atoms with Gasteiger partial charge in [-0.2, -0.15) is 0 Å². The summed E-state index contributed by atoms with van der Waals surface area (Å²) in [4.78, 5) is 42.8. The van der Waals surface area contributed by atoms with Crippen LogP contribution >= 0.6 is 12.4 Å². The van der Waals surface area contributed by atoms with Gasteiger partial charge in [-0.15, -0.1) is 12.4 Å². The molecule has 2 aliphatic rings. The highest BCUT2D eigenvalue weighted by molar-refractivity contribution is 5.93. The van der Waals surface area contributed by atoms with Crippen LogP contribution in [0, 0.1) is 11.3 Å². The number of carboxylic acids is 1. The van der Waals surface area contributed by atoms with Gasteiger partial charge >= 0.3 is 5.97 Å². The molecule has 0 aromatic carbocycles. The van der Waals surface area contributed by atoms with Gasteiger partial charge in [0.15, 0.2) is 0 Å². The molecule has 0 unspecified atom stereocenters. The van der Waals surface area contributed by atoms with Crippen molar-refractivity contribution in [2.45, 2.75) is 57.2 Å². The minimum atomic E-state index is -1.02. The summed E-state index contributed by atoms with van der Waals surface area (Å²) in [6, 6.07) is 1.96. The molecule has 1 aliphatic carbocycles. The molecule has 1 aromatic rings. The highest BCUT2D eigenvalue weighted by Gasteiger charge is 2.35. The van der Waals surface area contributed by atoms with Gasteiger partial charge in [0, 0.05) is 19.3 Å². The number of pyridine rings is 1. The van der Waals surface area contributed by atoms with Gasteiger partial charge in [-0.3, -0.25) is 30.1 Å². The van der Waals surface area contributed by atoms with Crippen LogP contribution in [0.4, 0.5) is 0 Å². The maximum Gasteiger partial charge on any atom is 0.317 e. The smallest absolute Gasteiger partial charge is 0.317 e. The van der Waals surface area contributed by atoms with E-state index in [1.165, 1.54) is 11.3 Å². The Morgan fingerprint density at radius 3 is 2.59 bits per heavy atom. The molecule has 1 aliphatic heterocycles. The van der Waals surface area contributed by atoms with Gasteiger partial charge in [0.05, 0.1) is 12.6 Å². The van der Waals surface area contributed by atoms with Gasteiger partial charge in [-0.05, 0) is 24.0 Å². The number of rotatable bonds is 10. The number of aromatic nitrogens is 1. The molecule has 1 aromatic heterocycles. The second-order valence-corrected chi connectivity index (χ2v) is 8.61. The zero-order valence-corrected chi connectivity index (χ0v) is 19.9. The number of hydrogen-bond donors (Lipinski definition) is 5. The lowest BCUT2D eigenvalue weighted by molar-refractivity contribution is -0.140. The van der Waals surface area contributed by atoms with E-state index in [1.807, 2.05) is 0 Å². The van der Waals surface area contributed by atoms with Crippen molar-refractivity contribution >= 4 is 36.0 Å². The van der Waals surface area contributed by atoms with Crippen LogP contribution in [0.2, 0.25) is 0 Å². The van der Waals surface area contributed by atoms with E-state index in [1.54, 1.807) is 30.5 Å². The number of aliphatic carboxylic acids is 1. The zero-order chi connectivity index (χ0) is 23.8. The minimum absolute atomic E-state index is 0.